The molecule has 0 aliphatic heterocycles. The molecule has 2 amide bonds. The molecule has 1 aliphatic carbocycles. The predicted molar refractivity (Wildman–Crippen MR) is 66.0 cm³/mol. The molecule has 4 N–H and O–H groups in total. The molecule has 0 spiro atoms. The molecule has 0 aromatic rings. The Bertz CT molecular complexity index is 361. The third-order valence-corrected chi connectivity index (χ3v) is 3.11. The molecular weight excluding hydrogens is 255 g/mol. The molecule has 0 heterocycles. The summed E-state index contributed by atoms with van der Waals surface area (Å²) in [6.07, 6.45) is -1.98. The Morgan fingerprint density at radius 3 is 2.37 bits per heavy atom. The van der Waals surface area contributed by atoms with Crippen molar-refractivity contribution in [1.82, 2.24) is 5.32 Å². The number of aliphatic hydroxyl groups excluding tert-OH is 1. The highest BCUT2D eigenvalue weighted by molar-refractivity contribution is 5.80. The smallest absolute Gasteiger partial charge is 0.408 e. The Balaban J connectivity index is 2.78. The normalized spacial score (nSPS) is 28.2. The monoisotopic (exact) mass is 276 g/mol. The third-order valence-electron chi connectivity index (χ3n) is 3.11. The van der Waals surface area contributed by atoms with Gasteiger partial charge in [0.15, 0.2) is 0 Å². The second kappa shape index (κ2) is 5.32. The number of hydrogen-bond acceptors (Lipinski definition) is 4. The number of carbonyl (C=O) groups is 2. The molecular formula is C12H21FN2O4. The molecule has 19 heavy (non-hydrogen) atoms. The van der Waals surface area contributed by atoms with E-state index in [1.165, 1.54) is 0 Å². The average Bonchev–Trinajstić information content (AvgIpc) is 2.11. The minimum Gasteiger partial charge on any atom is -0.444 e. The SMILES string of the molecule is CC(C)(C)OC(=O)NC1(C(CO)C(N)=O)CC(F)C1. The lowest BCUT2D eigenvalue weighted by Gasteiger charge is -2.48. The van der Waals surface area contributed by atoms with Crippen molar-refractivity contribution in [3.8, 4) is 0 Å². The number of rotatable bonds is 4. The summed E-state index contributed by atoms with van der Waals surface area (Å²) in [6.45, 7) is 4.53. The van der Waals surface area contributed by atoms with E-state index in [9.17, 15) is 19.1 Å². The minimum atomic E-state index is -1.15. The standard InChI is InChI=1S/C12H21FN2O4/c1-11(2,3)19-10(18)15-12(4-7(13)5-12)8(6-16)9(14)17/h7-8,16H,4-6H2,1-3H3,(H2,14,17)(H,15,18). The number of alkyl halides is 1. The molecule has 1 atom stereocenters. The second-order valence-corrected chi connectivity index (χ2v) is 5.93. The molecule has 1 rings (SSSR count). The van der Waals surface area contributed by atoms with Crippen LogP contribution < -0.4 is 11.1 Å². The quantitative estimate of drug-likeness (QED) is 0.695. The van der Waals surface area contributed by atoms with E-state index in [1.54, 1.807) is 20.8 Å². The highest BCUT2D eigenvalue weighted by Gasteiger charge is 2.53. The number of hydrogen-bond donors (Lipinski definition) is 3. The molecule has 0 bridgehead atoms. The van der Waals surface area contributed by atoms with Gasteiger partial charge in [-0.1, -0.05) is 0 Å². The molecule has 0 aromatic carbocycles. The van der Waals surface area contributed by atoms with Crippen molar-refractivity contribution in [2.75, 3.05) is 6.61 Å². The third kappa shape index (κ3) is 3.79. The fourth-order valence-corrected chi connectivity index (χ4v) is 2.25. The Morgan fingerprint density at radius 2 is 2.05 bits per heavy atom. The summed E-state index contributed by atoms with van der Waals surface area (Å²) in [7, 11) is 0. The Morgan fingerprint density at radius 1 is 1.53 bits per heavy atom. The summed E-state index contributed by atoms with van der Waals surface area (Å²) < 4.78 is 18.2. The van der Waals surface area contributed by atoms with Crippen molar-refractivity contribution in [2.24, 2.45) is 11.7 Å². The van der Waals surface area contributed by atoms with Gasteiger partial charge in [-0.25, -0.2) is 9.18 Å². The number of halogens is 1. The van der Waals surface area contributed by atoms with Gasteiger partial charge in [-0.2, -0.15) is 0 Å². The van der Waals surface area contributed by atoms with Gasteiger partial charge in [0.2, 0.25) is 5.91 Å². The molecule has 7 heteroatoms. The lowest BCUT2D eigenvalue weighted by molar-refractivity contribution is -0.129. The zero-order valence-corrected chi connectivity index (χ0v) is 11.4. The van der Waals surface area contributed by atoms with Gasteiger partial charge in [0.25, 0.3) is 0 Å². The van der Waals surface area contributed by atoms with Gasteiger partial charge in [-0.15, -0.1) is 0 Å². The van der Waals surface area contributed by atoms with E-state index in [-0.39, 0.29) is 12.8 Å². The van der Waals surface area contributed by atoms with Crippen molar-refractivity contribution in [3.63, 3.8) is 0 Å². The fraction of sp³-hybridized carbons (Fsp3) is 0.833. The van der Waals surface area contributed by atoms with Gasteiger partial charge in [0.05, 0.1) is 18.1 Å². The van der Waals surface area contributed by atoms with Crippen LogP contribution in [0.1, 0.15) is 33.6 Å². The number of nitrogens with one attached hydrogen (secondary N) is 1. The van der Waals surface area contributed by atoms with Gasteiger partial charge in [0, 0.05) is 12.8 Å². The first-order chi connectivity index (χ1) is 8.59. The summed E-state index contributed by atoms with van der Waals surface area (Å²) in [6, 6.07) is 0. The highest BCUT2D eigenvalue weighted by atomic mass is 19.1. The summed E-state index contributed by atoms with van der Waals surface area (Å²) in [5.74, 6) is -1.79. The second-order valence-electron chi connectivity index (χ2n) is 5.93. The van der Waals surface area contributed by atoms with Crippen LogP contribution in [-0.4, -0.2) is 41.0 Å². The van der Waals surface area contributed by atoms with Gasteiger partial charge < -0.3 is 20.9 Å². The van der Waals surface area contributed by atoms with Crippen LogP contribution in [0.25, 0.3) is 0 Å². The number of primary amides is 1. The fourth-order valence-electron chi connectivity index (χ4n) is 2.25. The zero-order chi connectivity index (χ0) is 14.8. The van der Waals surface area contributed by atoms with Crippen LogP contribution in [0.2, 0.25) is 0 Å². The number of ether oxygens (including phenoxy) is 1. The van der Waals surface area contributed by atoms with E-state index in [4.69, 9.17) is 10.5 Å². The van der Waals surface area contributed by atoms with Crippen molar-refractivity contribution < 1.29 is 23.8 Å². The van der Waals surface area contributed by atoms with Crippen LogP contribution >= 0.6 is 0 Å². The Labute approximate surface area is 111 Å². The maximum Gasteiger partial charge on any atom is 0.408 e. The summed E-state index contributed by atoms with van der Waals surface area (Å²) >= 11 is 0. The van der Waals surface area contributed by atoms with Crippen molar-refractivity contribution in [1.29, 1.82) is 0 Å². The maximum atomic E-state index is 13.1. The maximum absolute atomic E-state index is 13.1. The Kier molecular flexibility index (Phi) is 4.39. The number of carbonyl (C=O) groups excluding carboxylic acids is 2. The molecule has 1 aliphatic rings. The molecule has 0 saturated heterocycles. The highest BCUT2D eigenvalue weighted by Crippen LogP contribution is 2.40. The minimum absolute atomic E-state index is 0.0551. The lowest BCUT2D eigenvalue weighted by Crippen LogP contribution is -2.66. The van der Waals surface area contributed by atoms with E-state index in [0.29, 0.717) is 0 Å². The molecule has 1 unspecified atom stereocenters. The molecule has 6 nitrogen and oxygen atoms in total. The van der Waals surface area contributed by atoms with E-state index in [1.807, 2.05) is 0 Å². The van der Waals surface area contributed by atoms with Crippen LogP contribution in [0.15, 0.2) is 0 Å². The van der Waals surface area contributed by atoms with E-state index >= 15 is 0 Å². The predicted octanol–water partition coefficient (Wildman–Crippen LogP) is 0.476. The Hall–Kier alpha value is -1.37. The van der Waals surface area contributed by atoms with Crippen molar-refractivity contribution in [3.05, 3.63) is 0 Å². The van der Waals surface area contributed by atoms with E-state index in [0.717, 1.165) is 0 Å². The molecule has 0 aromatic heterocycles. The van der Waals surface area contributed by atoms with Gasteiger partial charge in [0.1, 0.15) is 11.8 Å². The van der Waals surface area contributed by atoms with Crippen LogP contribution in [0.5, 0.6) is 0 Å². The number of amides is 2. The summed E-state index contributed by atoms with van der Waals surface area (Å²) in [4.78, 5) is 23.0. The molecule has 0 radical (unpaired) electrons. The van der Waals surface area contributed by atoms with Crippen LogP contribution in [0.3, 0.4) is 0 Å². The van der Waals surface area contributed by atoms with Crippen LogP contribution in [-0.2, 0) is 9.53 Å². The molecule has 1 fully saturated rings. The summed E-state index contributed by atoms with van der Waals surface area (Å²) in [5, 5.41) is 11.7. The van der Waals surface area contributed by atoms with Crippen molar-refractivity contribution >= 4 is 12.0 Å². The van der Waals surface area contributed by atoms with Gasteiger partial charge in [-0.3, -0.25) is 4.79 Å². The number of nitrogens with two attached hydrogens (primary N) is 1. The van der Waals surface area contributed by atoms with E-state index < -0.39 is 41.8 Å². The van der Waals surface area contributed by atoms with Gasteiger partial charge >= 0.3 is 6.09 Å². The number of alkyl carbamates (subject to hydrolysis) is 1. The van der Waals surface area contributed by atoms with Gasteiger partial charge in [-0.05, 0) is 20.8 Å². The lowest BCUT2D eigenvalue weighted by atomic mass is 9.66. The average molecular weight is 276 g/mol. The summed E-state index contributed by atoms with van der Waals surface area (Å²) in [5.41, 5.74) is 3.32. The van der Waals surface area contributed by atoms with E-state index in [2.05, 4.69) is 5.32 Å². The largest absolute Gasteiger partial charge is 0.444 e. The molecule has 1 saturated carbocycles. The zero-order valence-electron chi connectivity index (χ0n) is 11.4. The first-order valence-electron chi connectivity index (χ1n) is 6.15. The van der Waals surface area contributed by atoms with Crippen LogP contribution in [0.4, 0.5) is 9.18 Å². The van der Waals surface area contributed by atoms with Crippen molar-refractivity contribution in [2.45, 2.75) is 50.9 Å². The first kappa shape index (κ1) is 15.7. The topological polar surface area (TPSA) is 102 Å². The number of aliphatic hydroxyl groups is 1. The molecule has 110 valence electrons. The van der Waals surface area contributed by atoms with Crippen LogP contribution in [0, 0.1) is 5.92 Å². The first-order valence-corrected chi connectivity index (χ1v) is 6.15.